The lowest BCUT2D eigenvalue weighted by Gasteiger charge is -2.20. The van der Waals surface area contributed by atoms with Crippen LogP contribution in [0.2, 0.25) is 10.0 Å². The topological polar surface area (TPSA) is 56.5 Å². The van der Waals surface area contributed by atoms with Crippen LogP contribution in [0.25, 0.3) is 10.9 Å². The zero-order valence-corrected chi connectivity index (χ0v) is 21.9. The van der Waals surface area contributed by atoms with Gasteiger partial charge in [0.2, 0.25) is 0 Å². The fraction of sp³-hybridized carbons (Fsp3) is 0.192. The Kier molecular flexibility index (Phi) is 7.12. The molecule has 4 aromatic rings. The molecule has 0 aliphatic carbocycles. The van der Waals surface area contributed by atoms with Crippen LogP contribution >= 0.6 is 39.1 Å². The van der Waals surface area contributed by atoms with Crippen molar-refractivity contribution in [2.45, 2.75) is 32.8 Å². The normalized spacial score (nSPS) is 11.9. The summed E-state index contributed by atoms with van der Waals surface area (Å²) >= 11 is 16.3. The molecule has 1 heterocycles. The van der Waals surface area contributed by atoms with E-state index in [1.807, 2.05) is 63.2 Å². The lowest BCUT2D eigenvalue weighted by atomic mass is 9.95. The SMILES string of the molecule is CC(C)(C)c1nc2ccc(Br)cc2c(=O)n1N=Cc1cc(Cl)c(OCc2ccccc2)c(Cl)c1. The van der Waals surface area contributed by atoms with Gasteiger partial charge in [-0.25, -0.2) is 4.98 Å². The zero-order chi connectivity index (χ0) is 24.5. The molecule has 1 aromatic heterocycles. The number of ether oxygens (including phenoxy) is 1. The summed E-state index contributed by atoms with van der Waals surface area (Å²) in [4.78, 5) is 18.0. The standard InChI is InChI=1S/C26H22BrCl2N3O2/c1-26(2,3)25-31-22-10-9-18(27)13-19(22)24(33)32(25)30-14-17-11-20(28)23(21(29)12-17)34-15-16-7-5-4-6-8-16/h4-14H,15H2,1-3H3. The maximum atomic E-state index is 13.3. The number of benzene rings is 3. The number of aromatic nitrogens is 2. The van der Waals surface area contributed by atoms with Crippen LogP contribution in [0, 0.1) is 0 Å². The first-order chi connectivity index (χ1) is 16.1. The van der Waals surface area contributed by atoms with Crippen molar-refractivity contribution >= 4 is 56.2 Å². The molecule has 5 nitrogen and oxygen atoms in total. The Hall–Kier alpha value is -2.67. The van der Waals surface area contributed by atoms with Crippen LogP contribution in [0.4, 0.5) is 0 Å². The highest BCUT2D eigenvalue weighted by atomic mass is 79.9. The van der Waals surface area contributed by atoms with E-state index < -0.39 is 5.41 Å². The molecule has 0 unspecified atom stereocenters. The largest absolute Gasteiger partial charge is 0.486 e. The van der Waals surface area contributed by atoms with Crippen molar-refractivity contribution < 1.29 is 4.74 Å². The number of hydrogen-bond acceptors (Lipinski definition) is 4. The average Bonchev–Trinajstić information content (AvgIpc) is 2.78. The van der Waals surface area contributed by atoms with E-state index in [1.54, 1.807) is 24.4 Å². The summed E-state index contributed by atoms with van der Waals surface area (Å²) in [5.74, 6) is 0.942. The van der Waals surface area contributed by atoms with Gasteiger partial charge in [-0.2, -0.15) is 9.78 Å². The van der Waals surface area contributed by atoms with Crippen molar-refractivity contribution in [3.8, 4) is 5.75 Å². The molecular weight excluding hydrogens is 537 g/mol. The fourth-order valence-electron chi connectivity index (χ4n) is 3.39. The molecule has 0 spiro atoms. The van der Waals surface area contributed by atoms with Gasteiger partial charge < -0.3 is 4.74 Å². The highest BCUT2D eigenvalue weighted by Gasteiger charge is 2.23. The Morgan fingerprint density at radius 3 is 2.38 bits per heavy atom. The van der Waals surface area contributed by atoms with E-state index in [-0.39, 0.29) is 5.56 Å². The van der Waals surface area contributed by atoms with Gasteiger partial charge in [-0.1, -0.05) is 90.2 Å². The summed E-state index contributed by atoms with van der Waals surface area (Å²) in [6.45, 7) is 6.30. The van der Waals surface area contributed by atoms with Crippen LogP contribution in [-0.4, -0.2) is 15.9 Å². The fourth-order valence-corrected chi connectivity index (χ4v) is 4.36. The van der Waals surface area contributed by atoms with Gasteiger partial charge in [0, 0.05) is 9.89 Å². The van der Waals surface area contributed by atoms with Crippen molar-refractivity contribution in [3.05, 3.63) is 102 Å². The zero-order valence-electron chi connectivity index (χ0n) is 18.8. The van der Waals surface area contributed by atoms with Crippen LogP contribution in [0.5, 0.6) is 5.75 Å². The summed E-state index contributed by atoms with van der Waals surface area (Å²) in [7, 11) is 0. The smallest absolute Gasteiger partial charge is 0.282 e. The number of halogens is 3. The Balaban J connectivity index is 1.70. The number of hydrogen-bond donors (Lipinski definition) is 0. The highest BCUT2D eigenvalue weighted by molar-refractivity contribution is 9.10. The molecule has 3 aromatic carbocycles. The minimum Gasteiger partial charge on any atom is -0.486 e. The second kappa shape index (κ2) is 9.90. The molecule has 0 amide bonds. The van der Waals surface area contributed by atoms with Crippen molar-refractivity contribution in [2.24, 2.45) is 5.10 Å². The van der Waals surface area contributed by atoms with Gasteiger partial charge >= 0.3 is 0 Å². The van der Waals surface area contributed by atoms with E-state index in [4.69, 9.17) is 32.9 Å². The molecule has 0 saturated carbocycles. The summed E-state index contributed by atoms with van der Waals surface area (Å²) in [6, 6.07) is 18.6. The average molecular weight is 559 g/mol. The van der Waals surface area contributed by atoms with E-state index in [1.165, 1.54) is 4.68 Å². The van der Waals surface area contributed by atoms with Crippen LogP contribution in [-0.2, 0) is 12.0 Å². The predicted molar refractivity (Wildman–Crippen MR) is 143 cm³/mol. The molecule has 0 saturated heterocycles. The first-order valence-corrected chi connectivity index (χ1v) is 12.1. The van der Waals surface area contributed by atoms with Gasteiger partial charge in [0.25, 0.3) is 5.56 Å². The number of nitrogens with zero attached hydrogens (tertiary/aromatic N) is 3. The number of fused-ring (bicyclic) bond motifs is 1. The van der Waals surface area contributed by atoms with E-state index in [2.05, 4.69) is 21.0 Å². The quantitative estimate of drug-likeness (QED) is 0.243. The number of rotatable bonds is 5. The molecule has 0 radical (unpaired) electrons. The van der Waals surface area contributed by atoms with Crippen LogP contribution < -0.4 is 10.3 Å². The molecule has 8 heteroatoms. The maximum absolute atomic E-state index is 13.3. The van der Waals surface area contributed by atoms with Gasteiger partial charge in [-0.05, 0) is 41.5 Å². The Morgan fingerprint density at radius 1 is 1.06 bits per heavy atom. The molecule has 34 heavy (non-hydrogen) atoms. The molecule has 0 atom stereocenters. The van der Waals surface area contributed by atoms with Gasteiger partial charge in [0.15, 0.2) is 5.75 Å². The van der Waals surface area contributed by atoms with Gasteiger partial charge in [-0.15, -0.1) is 0 Å². The molecule has 0 bridgehead atoms. The van der Waals surface area contributed by atoms with Crippen molar-refractivity contribution in [1.29, 1.82) is 0 Å². The third-order valence-electron chi connectivity index (χ3n) is 5.05. The predicted octanol–water partition coefficient (Wildman–Crippen LogP) is 7.22. The van der Waals surface area contributed by atoms with Crippen LogP contribution in [0.1, 0.15) is 37.7 Å². The van der Waals surface area contributed by atoms with Crippen molar-refractivity contribution in [3.63, 3.8) is 0 Å². The molecule has 0 aliphatic rings. The molecule has 0 aliphatic heterocycles. The summed E-state index contributed by atoms with van der Waals surface area (Å²) in [5.41, 5.74) is 1.58. The Morgan fingerprint density at radius 2 is 1.74 bits per heavy atom. The lowest BCUT2D eigenvalue weighted by Crippen LogP contribution is -2.29. The van der Waals surface area contributed by atoms with E-state index >= 15 is 0 Å². The lowest BCUT2D eigenvalue weighted by molar-refractivity contribution is 0.306. The molecular formula is C26H22BrCl2N3O2. The third kappa shape index (κ3) is 5.35. The highest BCUT2D eigenvalue weighted by Crippen LogP contribution is 2.34. The second-order valence-corrected chi connectivity index (χ2v) is 10.5. The summed E-state index contributed by atoms with van der Waals surface area (Å²) in [6.07, 6.45) is 1.54. The summed E-state index contributed by atoms with van der Waals surface area (Å²) < 4.78 is 7.96. The van der Waals surface area contributed by atoms with Crippen LogP contribution in [0.15, 0.2) is 75.0 Å². The second-order valence-electron chi connectivity index (χ2n) is 8.80. The third-order valence-corrected chi connectivity index (χ3v) is 6.10. The van der Waals surface area contributed by atoms with E-state index in [0.717, 1.165) is 10.0 Å². The monoisotopic (exact) mass is 557 g/mol. The molecule has 174 valence electrons. The summed E-state index contributed by atoms with van der Waals surface area (Å²) in [5, 5.41) is 5.65. The molecule has 0 fully saturated rings. The van der Waals surface area contributed by atoms with Gasteiger partial charge in [0.1, 0.15) is 12.4 Å². The van der Waals surface area contributed by atoms with Gasteiger partial charge in [-0.3, -0.25) is 4.79 Å². The molecule has 0 N–H and O–H groups in total. The van der Waals surface area contributed by atoms with Crippen LogP contribution in [0.3, 0.4) is 0 Å². The van der Waals surface area contributed by atoms with E-state index in [9.17, 15) is 4.79 Å². The maximum Gasteiger partial charge on any atom is 0.282 e. The first kappa shape index (κ1) is 24.5. The van der Waals surface area contributed by atoms with Crippen molar-refractivity contribution in [2.75, 3.05) is 0 Å². The van der Waals surface area contributed by atoms with Crippen molar-refractivity contribution in [1.82, 2.24) is 9.66 Å². The molecule has 4 rings (SSSR count). The minimum atomic E-state index is -0.414. The first-order valence-electron chi connectivity index (χ1n) is 10.6. The minimum absolute atomic E-state index is 0.257. The Bertz CT molecular complexity index is 1420. The van der Waals surface area contributed by atoms with Gasteiger partial charge in [0.05, 0.1) is 27.2 Å². The van der Waals surface area contributed by atoms with E-state index in [0.29, 0.717) is 44.7 Å². The Labute approximate surface area is 216 Å².